The number of benzene rings is 1. The lowest BCUT2D eigenvalue weighted by Crippen LogP contribution is -2.45. The minimum absolute atomic E-state index is 0.0271. The average molecular weight is 349 g/mol. The van der Waals surface area contributed by atoms with Gasteiger partial charge in [0.25, 0.3) is 0 Å². The first-order chi connectivity index (χ1) is 10.8. The van der Waals surface area contributed by atoms with Crippen molar-refractivity contribution in [2.75, 3.05) is 38.1 Å². The Bertz CT molecular complexity index is 742. The Morgan fingerprint density at radius 2 is 1.74 bits per heavy atom. The van der Waals surface area contributed by atoms with Gasteiger partial charge in [0.2, 0.25) is 0 Å². The molecule has 0 N–H and O–H groups in total. The summed E-state index contributed by atoms with van der Waals surface area (Å²) in [4.78, 5) is 12.0. The van der Waals surface area contributed by atoms with Crippen LogP contribution in [0.25, 0.3) is 11.0 Å². The maximum absolute atomic E-state index is 14.0. The summed E-state index contributed by atoms with van der Waals surface area (Å²) in [5.41, 5.74) is -1.53. The van der Waals surface area contributed by atoms with Gasteiger partial charge in [-0.05, 0) is 19.2 Å². The average Bonchev–Trinajstić information content (AvgIpc) is 2.46. The third-order valence-corrected chi connectivity index (χ3v) is 4.05. The summed E-state index contributed by atoms with van der Waals surface area (Å²) < 4.78 is 52.3. The van der Waals surface area contributed by atoms with Crippen LogP contribution in [0.4, 0.5) is 23.4 Å². The molecule has 1 fully saturated rings. The molecule has 0 bridgehead atoms. The van der Waals surface area contributed by atoms with Gasteiger partial charge in [0.15, 0.2) is 16.8 Å². The van der Waals surface area contributed by atoms with Crippen molar-refractivity contribution < 1.29 is 17.6 Å². The number of fused-ring (bicyclic) bond motifs is 1. The predicted octanol–water partition coefficient (Wildman–Crippen LogP) is 3.19. The summed E-state index contributed by atoms with van der Waals surface area (Å²) in [5, 5.41) is -0.0271. The number of piperazine rings is 1. The number of alkyl halides is 3. The minimum Gasteiger partial charge on any atom is -0.351 e. The molecule has 1 aromatic carbocycles. The van der Waals surface area contributed by atoms with Crippen molar-refractivity contribution in [3.63, 3.8) is 0 Å². The molecule has 23 heavy (non-hydrogen) atoms. The highest BCUT2D eigenvalue weighted by molar-refractivity contribution is 6.32. The topological polar surface area (TPSA) is 32.3 Å². The molecule has 1 aliphatic rings. The van der Waals surface area contributed by atoms with Gasteiger partial charge in [0, 0.05) is 26.2 Å². The fraction of sp³-hybridized carbons (Fsp3) is 0.429. The Kier molecular flexibility index (Phi) is 4.05. The van der Waals surface area contributed by atoms with Gasteiger partial charge in [0.05, 0.1) is 11.1 Å². The predicted molar refractivity (Wildman–Crippen MR) is 79.2 cm³/mol. The second kappa shape index (κ2) is 5.76. The van der Waals surface area contributed by atoms with Gasteiger partial charge in [-0.3, -0.25) is 0 Å². The molecular formula is C14H13ClF4N4. The van der Waals surface area contributed by atoms with E-state index in [1.807, 2.05) is 11.9 Å². The summed E-state index contributed by atoms with van der Waals surface area (Å²) in [6, 6.07) is 1.18. The number of aromatic nitrogens is 2. The van der Waals surface area contributed by atoms with Gasteiger partial charge in [-0.25, -0.2) is 14.4 Å². The van der Waals surface area contributed by atoms with E-state index >= 15 is 0 Å². The third-order valence-electron chi connectivity index (χ3n) is 3.79. The second-order valence-electron chi connectivity index (χ2n) is 5.45. The van der Waals surface area contributed by atoms with Gasteiger partial charge >= 0.3 is 6.18 Å². The Hall–Kier alpha value is -1.67. The van der Waals surface area contributed by atoms with Crippen LogP contribution in [0, 0.1) is 5.82 Å². The summed E-state index contributed by atoms with van der Waals surface area (Å²) in [6.07, 6.45) is -4.65. The van der Waals surface area contributed by atoms with Crippen LogP contribution < -0.4 is 4.90 Å². The van der Waals surface area contributed by atoms with Crippen molar-refractivity contribution in [1.82, 2.24) is 14.9 Å². The van der Waals surface area contributed by atoms with Gasteiger partial charge < -0.3 is 9.80 Å². The van der Waals surface area contributed by atoms with Crippen LogP contribution in [-0.2, 0) is 6.18 Å². The van der Waals surface area contributed by atoms with Gasteiger partial charge in [-0.2, -0.15) is 13.2 Å². The first kappa shape index (κ1) is 16.2. The highest BCUT2D eigenvalue weighted by atomic mass is 35.5. The molecule has 0 atom stereocenters. The van der Waals surface area contributed by atoms with Crippen LogP contribution in [0.1, 0.15) is 5.56 Å². The molecule has 0 spiro atoms. The smallest absolute Gasteiger partial charge is 0.351 e. The Morgan fingerprint density at radius 3 is 2.35 bits per heavy atom. The molecule has 0 amide bonds. The molecular weight excluding hydrogens is 336 g/mol. The van der Waals surface area contributed by atoms with Crippen molar-refractivity contribution in [3.05, 3.63) is 28.7 Å². The zero-order chi connectivity index (χ0) is 16.8. The molecule has 9 heteroatoms. The number of halogens is 5. The molecule has 0 aliphatic carbocycles. The summed E-state index contributed by atoms with van der Waals surface area (Å²) >= 11 is 6.06. The molecule has 1 saturated heterocycles. The van der Waals surface area contributed by atoms with E-state index in [0.29, 0.717) is 25.0 Å². The van der Waals surface area contributed by atoms with E-state index in [4.69, 9.17) is 11.6 Å². The van der Waals surface area contributed by atoms with Crippen LogP contribution in [0.2, 0.25) is 5.15 Å². The molecule has 1 aliphatic heterocycles. The molecule has 0 unspecified atom stereocenters. The highest BCUT2D eigenvalue weighted by Crippen LogP contribution is 2.33. The van der Waals surface area contributed by atoms with Crippen LogP contribution in [0.3, 0.4) is 0 Å². The maximum atomic E-state index is 14.0. The first-order valence-corrected chi connectivity index (χ1v) is 7.31. The molecule has 0 radical (unpaired) electrons. The normalized spacial score (nSPS) is 17.0. The number of nitrogens with zero attached hydrogens (tertiary/aromatic N) is 4. The number of hydrogen-bond acceptors (Lipinski definition) is 4. The monoisotopic (exact) mass is 348 g/mol. The lowest BCUT2D eigenvalue weighted by atomic mass is 10.1. The van der Waals surface area contributed by atoms with Crippen LogP contribution in [-0.4, -0.2) is 48.1 Å². The molecule has 2 heterocycles. The van der Waals surface area contributed by atoms with Crippen molar-refractivity contribution in [3.8, 4) is 0 Å². The van der Waals surface area contributed by atoms with E-state index in [-0.39, 0.29) is 16.2 Å². The quantitative estimate of drug-likeness (QED) is 0.741. The van der Waals surface area contributed by atoms with Crippen LogP contribution in [0.5, 0.6) is 0 Å². The molecule has 0 saturated carbocycles. The summed E-state index contributed by atoms with van der Waals surface area (Å²) in [7, 11) is 1.98. The SMILES string of the molecule is CN1CCN(c2nc3c(F)cc(C(F)(F)F)cc3nc2Cl)CC1. The zero-order valence-corrected chi connectivity index (χ0v) is 12.9. The number of anilines is 1. The standard InChI is InChI=1S/C14H13ClF4N4/c1-22-2-4-23(5-3-22)13-12(15)20-10-7-8(14(17,18)19)6-9(16)11(10)21-13/h6-7H,2-5H2,1H3. The van der Waals surface area contributed by atoms with E-state index in [0.717, 1.165) is 19.2 Å². The van der Waals surface area contributed by atoms with Crippen molar-refractivity contribution in [2.45, 2.75) is 6.18 Å². The van der Waals surface area contributed by atoms with E-state index < -0.39 is 17.6 Å². The molecule has 1 aromatic heterocycles. The van der Waals surface area contributed by atoms with E-state index in [1.165, 1.54) is 0 Å². The number of hydrogen-bond donors (Lipinski definition) is 0. The Labute approximate surface area is 134 Å². The maximum Gasteiger partial charge on any atom is 0.416 e. The lowest BCUT2D eigenvalue weighted by Gasteiger charge is -2.33. The molecule has 124 valence electrons. The van der Waals surface area contributed by atoms with Gasteiger partial charge in [-0.1, -0.05) is 11.6 Å². The summed E-state index contributed by atoms with van der Waals surface area (Å²) in [6.45, 7) is 2.84. The fourth-order valence-electron chi connectivity index (χ4n) is 2.47. The lowest BCUT2D eigenvalue weighted by molar-refractivity contribution is -0.137. The van der Waals surface area contributed by atoms with E-state index in [1.54, 1.807) is 0 Å². The third kappa shape index (κ3) is 3.18. The highest BCUT2D eigenvalue weighted by Gasteiger charge is 2.32. The second-order valence-corrected chi connectivity index (χ2v) is 5.81. The summed E-state index contributed by atoms with van der Waals surface area (Å²) in [5.74, 6) is -0.764. The zero-order valence-electron chi connectivity index (χ0n) is 12.2. The Balaban J connectivity index is 2.06. The van der Waals surface area contributed by atoms with Crippen molar-refractivity contribution >= 4 is 28.5 Å². The van der Waals surface area contributed by atoms with Crippen LogP contribution >= 0.6 is 11.6 Å². The largest absolute Gasteiger partial charge is 0.416 e. The van der Waals surface area contributed by atoms with E-state index in [2.05, 4.69) is 14.9 Å². The molecule has 2 aromatic rings. The minimum atomic E-state index is -4.65. The number of likely N-dealkylation sites (N-methyl/N-ethyl adjacent to an activating group) is 1. The Morgan fingerprint density at radius 1 is 1.09 bits per heavy atom. The van der Waals surface area contributed by atoms with Crippen molar-refractivity contribution in [2.24, 2.45) is 0 Å². The fourth-order valence-corrected chi connectivity index (χ4v) is 2.72. The number of rotatable bonds is 1. The molecule has 4 nitrogen and oxygen atoms in total. The van der Waals surface area contributed by atoms with Gasteiger partial charge in [0.1, 0.15) is 5.52 Å². The first-order valence-electron chi connectivity index (χ1n) is 6.93. The molecule has 3 rings (SSSR count). The van der Waals surface area contributed by atoms with Crippen LogP contribution in [0.15, 0.2) is 12.1 Å². The van der Waals surface area contributed by atoms with Crippen molar-refractivity contribution in [1.29, 1.82) is 0 Å². The van der Waals surface area contributed by atoms with E-state index in [9.17, 15) is 17.6 Å². The van der Waals surface area contributed by atoms with Gasteiger partial charge in [-0.15, -0.1) is 0 Å².